The number of nitrogens with zero attached hydrogens (tertiary/aromatic N) is 1. The Bertz CT molecular complexity index is 421. The normalized spacial score (nSPS) is 11.7. The minimum atomic E-state index is -4.01. The third-order valence-corrected chi connectivity index (χ3v) is 3.18. The van der Waals surface area contributed by atoms with Crippen molar-refractivity contribution in [3.8, 4) is 0 Å². The number of halogens is 3. The van der Waals surface area contributed by atoms with Crippen molar-refractivity contribution in [1.29, 1.82) is 0 Å². The second kappa shape index (κ2) is 5.01. The minimum absolute atomic E-state index is 0.0380. The summed E-state index contributed by atoms with van der Waals surface area (Å²) in [7, 11) is -4.01. The van der Waals surface area contributed by atoms with Gasteiger partial charge < -0.3 is 0 Å². The lowest BCUT2D eigenvalue weighted by atomic mass is 10.5. The van der Waals surface area contributed by atoms with Gasteiger partial charge in [-0.2, -0.15) is 0 Å². The first-order valence-corrected chi connectivity index (χ1v) is 6.52. The Morgan fingerprint density at radius 2 is 2.13 bits per heavy atom. The SMILES string of the molecule is O=S(=O)(CC(F)F)Nc1ccc(I)cn1. The predicted molar refractivity (Wildman–Crippen MR) is 60.4 cm³/mol. The summed E-state index contributed by atoms with van der Waals surface area (Å²) in [6.07, 6.45) is -1.47. The van der Waals surface area contributed by atoms with Gasteiger partial charge in [0, 0.05) is 9.77 Å². The summed E-state index contributed by atoms with van der Waals surface area (Å²) < 4.78 is 48.6. The molecule has 0 unspecified atom stereocenters. The number of hydrogen-bond donors (Lipinski definition) is 1. The quantitative estimate of drug-likeness (QED) is 0.843. The van der Waals surface area contributed by atoms with E-state index in [1.165, 1.54) is 12.3 Å². The molecule has 4 nitrogen and oxygen atoms in total. The predicted octanol–water partition coefficient (Wildman–Crippen LogP) is 1.69. The molecule has 1 heterocycles. The maximum atomic E-state index is 11.9. The van der Waals surface area contributed by atoms with Crippen LogP contribution in [-0.4, -0.2) is 25.6 Å². The summed E-state index contributed by atoms with van der Waals surface area (Å²) in [5, 5.41) is 0. The van der Waals surface area contributed by atoms with Crippen LogP contribution in [0, 0.1) is 3.57 Å². The van der Waals surface area contributed by atoms with Crippen LogP contribution >= 0.6 is 22.6 Å². The van der Waals surface area contributed by atoms with Crippen LogP contribution in [0.5, 0.6) is 0 Å². The van der Waals surface area contributed by atoms with E-state index in [1.54, 1.807) is 6.07 Å². The van der Waals surface area contributed by atoms with Crippen LogP contribution in [0.15, 0.2) is 18.3 Å². The van der Waals surface area contributed by atoms with Crippen LogP contribution in [0.25, 0.3) is 0 Å². The number of hydrogen-bond acceptors (Lipinski definition) is 3. The van der Waals surface area contributed by atoms with Crippen molar-refractivity contribution in [3.63, 3.8) is 0 Å². The number of rotatable bonds is 4. The average molecular weight is 348 g/mol. The molecular weight excluding hydrogens is 341 g/mol. The molecule has 0 bridgehead atoms. The smallest absolute Gasteiger partial charge is 0.254 e. The molecule has 0 aromatic carbocycles. The molecule has 0 atom stereocenters. The highest BCUT2D eigenvalue weighted by molar-refractivity contribution is 14.1. The van der Waals surface area contributed by atoms with Gasteiger partial charge in [-0.05, 0) is 34.7 Å². The van der Waals surface area contributed by atoms with E-state index in [2.05, 4.69) is 4.98 Å². The molecule has 84 valence electrons. The largest absolute Gasteiger partial charge is 0.267 e. The van der Waals surface area contributed by atoms with Gasteiger partial charge in [-0.25, -0.2) is 22.2 Å². The number of nitrogens with one attached hydrogen (secondary N) is 1. The van der Waals surface area contributed by atoms with E-state index in [4.69, 9.17) is 0 Å². The summed E-state index contributed by atoms with van der Waals surface area (Å²) in [4.78, 5) is 3.73. The van der Waals surface area contributed by atoms with E-state index >= 15 is 0 Å². The lowest BCUT2D eigenvalue weighted by Crippen LogP contribution is -2.21. The van der Waals surface area contributed by atoms with E-state index in [0.717, 1.165) is 3.57 Å². The van der Waals surface area contributed by atoms with Gasteiger partial charge in [-0.15, -0.1) is 0 Å². The number of anilines is 1. The molecule has 0 spiro atoms. The first kappa shape index (κ1) is 12.6. The van der Waals surface area contributed by atoms with Gasteiger partial charge in [0.2, 0.25) is 10.0 Å². The van der Waals surface area contributed by atoms with Crippen LogP contribution < -0.4 is 4.72 Å². The Morgan fingerprint density at radius 1 is 1.47 bits per heavy atom. The van der Waals surface area contributed by atoms with Crippen molar-refractivity contribution in [2.24, 2.45) is 0 Å². The van der Waals surface area contributed by atoms with Crippen molar-refractivity contribution in [2.45, 2.75) is 6.43 Å². The van der Waals surface area contributed by atoms with Gasteiger partial charge in [-0.3, -0.25) is 4.72 Å². The van der Waals surface area contributed by atoms with Crippen molar-refractivity contribution >= 4 is 38.4 Å². The van der Waals surface area contributed by atoms with E-state index in [0.29, 0.717) is 0 Å². The number of sulfonamides is 1. The van der Waals surface area contributed by atoms with Crippen LogP contribution in [-0.2, 0) is 10.0 Å². The van der Waals surface area contributed by atoms with Crippen molar-refractivity contribution in [2.75, 3.05) is 10.5 Å². The fourth-order valence-corrected chi connectivity index (χ4v) is 1.98. The Morgan fingerprint density at radius 3 is 2.60 bits per heavy atom. The topological polar surface area (TPSA) is 59.1 Å². The Balaban J connectivity index is 2.73. The highest BCUT2D eigenvalue weighted by Crippen LogP contribution is 2.10. The Hall–Kier alpha value is -0.510. The lowest BCUT2D eigenvalue weighted by Gasteiger charge is -2.06. The molecule has 0 aliphatic carbocycles. The molecule has 0 saturated carbocycles. The molecule has 0 aliphatic rings. The summed E-state index contributed by atoms with van der Waals surface area (Å²) in [6, 6.07) is 3.03. The van der Waals surface area contributed by atoms with Crippen molar-refractivity contribution < 1.29 is 17.2 Å². The molecular formula is C7H7F2IN2O2S. The van der Waals surface area contributed by atoms with E-state index in [1.807, 2.05) is 27.3 Å². The molecule has 15 heavy (non-hydrogen) atoms. The molecule has 0 fully saturated rings. The fraction of sp³-hybridized carbons (Fsp3) is 0.286. The van der Waals surface area contributed by atoms with Gasteiger partial charge in [0.25, 0.3) is 6.43 Å². The number of alkyl halides is 2. The molecule has 1 aromatic rings. The van der Waals surface area contributed by atoms with Crippen molar-refractivity contribution in [1.82, 2.24) is 4.98 Å². The molecule has 0 aliphatic heterocycles. The van der Waals surface area contributed by atoms with Gasteiger partial charge >= 0.3 is 0 Å². The molecule has 0 radical (unpaired) electrons. The fourth-order valence-electron chi connectivity index (χ4n) is 0.803. The van der Waals surface area contributed by atoms with Gasteiger partial charge in [0.15, 0.2) is 0 Å². The second-order valence-electron chi connectivity index (χ2n) is 2.64. The summed E-state index contributed by atoms with van der Waals surface area (Å²) in [5.41, 5.74) is 0. The lowest BCUT2D eigenvalue weighted by molar-refractivity contribution is 0.174. The number of pyridine rings is 1. The van der Waals surface area contributed by atoms with Gasteiger partial charge in [0.1, 0.15) is 11.6 Å². The van der Waals surface area contributed by atoms with Crippen LogP contribution in [0.4, 0.5) is 14.6 Å². The Kier molecular flexibility index (Phi) is 4.20. The summed E-state index contributed by atoms with van der Waals surface area (Å²) >= 11 is 1.99. The molecule has 1 aromatic heterocycles. The average Bonchev–Trinajstić information content (AvgIpc) is 2.06. The first-order valence-electron chi connectivity index (χ1n) is 3.79. The zero-order chi connectivity index (χ0) is 11.5. The van der Waals surface area contributed by atoms with Crippen LogP contribution in [0.1, 0.15) is 0 Å². The highest BCUT2D eigenvalue weighted by Gasteiger charge is 2.17. The minimum Gasteiger partial charge on any atom is -0.267 e. The highest BCUT2D eigenvalue weighted by atomic mass is 127. The Labute approximate surface area is 99.3 Å². The molecule has 0 amide bonds. The monoisotopic (exact) mass is 348 g/mol. The maximum absolute atomic E-state index is 11.9. The van der Waals surface area contributed by atoms with E-state index < -0.39 is 22.2 Å². The van der Waals surface area contributed by atoms with Crippen LogP contribution in [0.2, 0.25) is 0 Å². The van der Waals surface area contributed by atoms with Crippen molar-refractivity contribution in [3.05, 3.63) is 21.9 Å². The van der Waals surface area contributed by atoms with E-state index in [-0.39, 0.29) is 5.82 Å². The van der Waals surface area contributed by atoms with Gasteiger partial charge in [0.05, 0.1) is 0 Å². The summed E-state index contributed by atoms with van der Waals surface area (Å²) in [6.45, 7) is 0. The molecule has 1 N–H and O–H groups in total. The standard InChI is InChI=1S/C7H7F2IN2O2S/c8-6(9)4-15(13,14)12-7-2-1-5(10)3-11-7/h1-3,6H,4H2,(H,11,12). The zero-order valence-corrected chi connectivity index (χ0v) is 10.3. The molecule has 8 heteroatoms. The second-order valence-corrected chi connectivity index (χ2v) is 5.65. The third-order valence-electron chi connectivity index (χ3n) is 1.33. The first-order chi connectivity index (χ1) is 6.89. The van der Waals surface area contributed by atoms with Gasteiger partial charge in [-0.1, -0.05) is 0 Å². The molecule has 1 rings (SSSR count). The third kappa shape index (κ3) is 4.69. The zero-order valence-electron chi connectivity index (χ0n) is 7.32. The van der Waals surface area contributed by atoms with Crippen LogP contribution in [0.3, 0.4) is 0 Å². The summed E-state index contributed by atoms with van der Waals surface area (Å²) in [5.74, 6) is -1.18. The van der Waals surface area contributed by atoms with E-state index in [9.17, 15) is 17.2 Å². The number of aromatic nitrogens is 1. The molecule has 0 saturated heterocycles. The maximum Gasteiger partial charge on any atom is 0.254 e.